The molecule has 122 valence electrons. The van der Waals surface area contributed by atoms with Crippen molar-refractivity contribution >= 4 is 16.9 Å². The number of carbonyl (C=O) groups is 1. The lowest BCUT2D eigenvalue weighted by Gasteiger charge is -2.28. The minimum atomic E-state index is 0.186. The van der Waals surface area contributed by atoms with E-state index in [1.165, 1.54) is 25.9 Å². The number of fused-ring (bicyclic) bond motifs is 1. The molecule has 1 amide bonds. The number of benzene rings is 1. The van der Waals surface area contributed by atoms with Gasteiger partial charge in [0.1, 0.15) is 5.69 Å². The summed E-state index contributed by atoms with van der Waals surface area (Å²) in [6.07, 6.45) is 5.18. The van der Waals surface area contributed by atoms with E-state index in [1.807, 2.05) is 24.3 Å². The first-order chi connectivity index (χ1) is 11.3. The maximum atomic E-state index is 12.8. The molecule has 5 heteroatoms. The van der Waals surface area contributed by atoms with Crippen molar-refractivity contribution in [3.63, 3.8) is 0 Å². The number of rotatable bonds is 4. The van der Waals surface area contributed by atoms with E-state index >= 15 is 0 Å². The summed E-state index contributed by atoms with van der Waals surface area (Å²) in [6.45, 7) is 4.29. The Labute approximate surface area is 136 Å². The number of likely N-dealkylation sites (tertiary alicyclic amines) is 2. The van der Waals surface area contributed by atoms with Gasteiger partial charge in [-0.1, -0.05) is 17.3 Å². The summed E-state index contributed by atoms with van der Waals surface area (Å²) in [6, 6.07) is 8.12. The van der Waals surface area contributed by atoms with E-state index in [0.717, 1.165) is 42.6 Å². The highest BCUT2D eigenvalue weighted by molar-refractivity contribution is 5.86. The highest BCUT2D eigenvalue weighted by Crippen LogP contribution is 2.23. The average molecular weight is 313 g/mol. The Morgan fingerprint density at radius 2 is 2.00 bits per heavy atom. The second kappa shape index (κ2) is 6.32. The van der Waals surface area contributed by atoms with Gasteiger partial charge in [-0.15, -0.1) is 0 Å². The molecule has 0 radical (unpaired) electrons. The number of para-hydroxylation sites is 1. The smallest absolute Gasteiger partial charge is 0.229 e. The zero-order valence-corrected chi connectivity index (χ0v) is 13.4. The summed E-state index contributed by atoms with van der Waals surface area (Å²) >= 11 is 0. The lowest BCUT2D eigenvalue weighted by Crippen LogP contribution is -2.43. The number of hydrogen-bond acceptors (Lipinski definition) is 4. The van der Waals surface area contributed by atoms with Crippen molar-refractivity contribution in [2.75, 3.05) is 26.2 Å². The Balaban J connectivity index is 1.45. The normalized spacial score (nSPS) is 22.3. The molecule has 2 saturated heterocycles. The van der Waals surface area contributed by atoms with Crippen LogP contribution in [0.4, 0.5) is 0 Å². The van der Waals surface area contributed by atoms with Crippen LogP contribution in [0.15, 0.2) is 28.8 Å². The van der Waals surface area contributed by atoms with Gasteiger partial charge >= 0.3 is 0 Å². The van der Waals surface area contributed by atoms with Crippen LogP contribution in [0.1, 0.15) is 31.4 Å². The minimum Gasteiger partial charge on any atom is -0.356 e. The standard InChI is InChI=1S/C18H23N3O2/c22-18(12-16-15-7-1-2-8-17(15)23-19-16)21-11-5-6-14(21)13-20-9-3-4-10-20/h1-2,7-8,14H,3-6,9-13H2/t14-/m1/s1. The molecule has 2 aliphatic heterocycles. The zero-order chi connectivity index (χ0) is 15.6. The zero-order valence-electron chi connectivity index (χ0n) is 13.4. The number of carbonyl (C=O) groups excluding carboxylic acids is 1. The predicted molar refractivity (Wildman–Crippen MR) is 88.1 cm³/mol. The van der Waals surface area contributed by atoms with Crippen LogP contribution in [0.3, 0.4) is 0 Å². The van der Waals surface area contributed by atoms with Gasteiger partial charge in [0.2, 0.25) is 5.91 Å². The summed E-state index contributed by atoms with van der Waals surface area (Å²) < 4.78 is 5.32. The van der Waals surface area contributed by atoms with Gasteiger partial charge in [-0.05, 0) is 50.9 Å². The van der Waals surface area contributed by atoms with E-state index in [4.69, 9.17) is 4.52 Å². The van der Waals surface area contributed by atoms with Crippen molar-refractivity contribution in [2.24, 2.45) is 0 Å². The van der Waals surface area contributed by atoms with E-state index < -0.39 is 0 Å². The third kappa shape index (κ3) is 2.98. The van der Waals surface area contributed by atoms with Crippen molar-refractivity contribution in [2.45, 2.75) is 38.1 Å². The van der Waals surface area contributed by atoms with E-state index in [0.29, 0.717) is 12.5 Å². The topological polar surface area (TPSA) is 49.6 Å². The first kappa shape index (κ1) is 14.7. The summed E-state index contributed by atoms with van der Waals surface area (Å²) in [5.74, 6) is 0.186. The molecule has 0 N–H and O–H groups in total. The molecule has 3 heterocycles. The lowest BCUT2D eigenvalue weighted by molar-refractivity contribution is -0.131. The molecule has 2 aliphatic rings. The van der Waals surface area contributed by atoms with E-state index in [-0.39, 0.29) is 5.91 Å². The maximum absolute atomic E-state index is 12.8. The Bertz CT molecular complexity index is 690. The summed E-state index contributed by atoms with van der Waals surface area (Å²) in [5, 5.41) is 5.06. The lowest BCUT2D eigenvalue weighted by atomic mass is 10.1. The van der Waals surface area contributed by atoms with Gasteiger partial charge in [-0.25, -0.2) is 0 Å². The summed E-state index contributed by atoms with van der Waals surface area (Å²) in [7, 11) is 0. The van der Waals surface area contributed by atoms with Crippen LogP contribution in [0.2, 0.25) is 0 Å². The Kier molecular flexibility index (Phi) is 4.04. The van der Waals surface area contributed by atoms with Crippen LogP contribution in [0.5, 0.6) is 0 Å². The van der Waals surface area contributed by atoms with Crippen molar-refractivity contribution < 1.29 is 9.32 Å². The fourth-order valence-corrected chi connectivity index (χ4v) is 3.93. The summed E-state index contributed by atoms with van der Waals surface area (Å²) in [4.78, 5) is 17.3. The van der Waals surface area contributed by atoms with E-state index in [2.05, 4.69) is 15.0 Å². The molecule has 5 nitrogen and oxygen atoms in total. The SMILES string of the molecule is O=C(Cc1noc2ccccc12)N1CCC[C@@H]1CN1CCCC1. The minimum absolute atomic E-state index is 0.186. The molecule has 2 fully saturated rings. The monoisotopic (exact) mass is 313 g/mol. The number of aromatic nitrogens is 1. The second-order valence-electron chi connectivity index (χ2n) is 6.69. The van der Waals surface area contributed by atoms with Gasteiger partial charge in [-0.3, -0.25) is 4.79 Å². The van der Waals surface area contributed by atoms with Crippen molar-refractivity contribution in [1.82, 2.24) is 15.0 Å². The quantitative estimate of drug-likeness (QED) is 0.870. The van der Waals surface area contributed by atoms with Crippen molar-refractivity contribution in [3.05, 3.63) is 30.0 Å². The van der Waals surface area contributed by atoms with Gasteiger partial charge in [0.05, 0.1) is 6.42 Å². The predicted octanol–water partition coefficient (Wildman–Crippen LogP) is 2.46. The van der Waals surface area contributed by atoms with Crippen LogP contribution in [0, 0.1) is 0 Å². The molecule has 4 rings (SSSR count). The van der Waals surface area contributed by atoms with Crippen LogP contribution < -0.4 is 0 Å². The first-order valence-electron chi connectivity index (χ1n) is 8.66. The van der Waals surface area contributed by atoms with E-state index in [9.17, 15) is 4.79 Å². The van der Waals surface area contributed by atoms with E-state index in [1.54, 1.807) is 0 Å². The summed E-state index contributed by atoms with van der Waals surface area (Å²) in [5.41, 5.74) is 1.52. The van der Waals surface area contributed by atoms with Gasteiger partial charge in [0.25, 0.3) is 0 Å². The van der Waals surface area contributed by atoms with Crippen molar-refractivity contribution in [3.8, 4) is 0 Å². The highest BCUT2D eigenvalue weighted by atomic mass is 16.5. The third-order valence-electron chi connectivity index (χ3n) is 5.14. The molecule has 1 aromatic heterocycles. The molecule has 0 unspecified atom stereocenters. The molecule has 1 atom stereocenters. The molecule has 0 saturated carbocycles. The van der Waals surface area contributed by atoms with Crippen LogP contribution in [0.25, 0.3) is 11.0 Å². The molecule has 23 heavy (non-hydrogen) atoms. The average Bonchev–Trinajstić information content (AvgIpc) is 3.29. The fraction of sp³-hybridized carbons (Fsp3) is 0.556. The first-order valence-corrected chi connectivity index (χ1v) is 8.66. The molecule has 1 aromatic carbocycles. The largest absolute Gasteiger partial charge is 0.356 e. The van der Waals surface area contributed by atoms with Gasteiger partial charge < -0.3 is 14.3 Å². The maximum Gasteiger partial charge on any atom is 0.229 e. The molecule has 0 aliphatic carbocycles. The molecular formula is C18H23N3O2. The van der Waals surface area contributed by atoms with Crippen LogP contribution in [-0.2, 0) is 11.2 Å². The highest BCUT2D eigenvalue weighted by Gasteiger charge is 2.31. The molecular weight excluding hydrogens is 290 g/mol. The van der Waals surface area contributed by atoms with Crippen LogP contribution >= 0.6 is 0 Å². The van der Waals surface area contributed by atoms with Crippen LogP contribution in [-0.4, -0.2) is 53.1 Å². The number of nitrogens with zero attached hydrogens (tertiary/aromatic N) is 3. The van der Waals surface area contributed by atoms with Gasteiger partial charge in [0.15, 0.2) is 5.58 Å². The van der Waals surface area contributed by atoms with Gasteiger partial charge in [0, 0.05) is 24.5 Å². The Hall–Kier alpha value is -1.88. The second-order valence-corrected chi connectivity index (χ2v) is 6.69. The van der Waals surface area contributed by atoms with Gasteiger partial charge in [-0.2, -0.15) is 0 Å². The molecule has 0 spiro atoms. The fourth-order valence-electron chi connectivity index (χ4n) is 3.93. The van der Waals surface area contributed by atoms with Crippen molar-refractivity contribution in [1.29, 1.82) is 0 Å². The molecule has 2 aromatic rings. The molecule has 0 bridgehead atoms. The number of amides is 1. The number of hydrogen-bond donors (Lipinski definition) is 0. The Morgan fingerprint density at radius 3 is 2.87 bits per heavy atom. The third-order valence-corrected chi connectivity index (χ3v) is 5.14. The Morgan fingerprint density at radius 1 is 1.17 bits per heavy atom.